The highest BCUT2D eigenvalue weighted by Gasteiger charge is 2.21. The molecule has 2 atom stereocenters. The maximum absolute atomic E-state index is 13.7. The van der Waals surface area contributed by atoms with Crippen molar-refractivity contribution in [2.75, 3.05) is 5.32 Å². The second kappa shape index (κ2) is 9.98. The molecule has 0 aromatic heterocycles. The van der Waals surface area contributed by atoms with Crippen LogP contribution in [-0.4, -0.2) is 5.11 Å². The molecule has 0 spiro atoms. The van der Waals surface area contributed by atoms with Crippen molar-refractivity contribution in [3.8, 4) is 5.75 Å². The van der Waals surface area contributed by atoms with Gasteiger partial charge in [0.2, 0.25) is 0 Å². The number of aromatic hydroxyl groups is 1. The fraction of sp³-hybridized carbons (Fsp3) is 0.154. The number of rotatable bonds is 7. The molecule has 0 aliphatic carbocycles. The van der Waals surface area contributed by atoms with Gasteiger partial charge in [0, 0.05) is 11.7 Å². The molecular formula is C26H24ClFN2O3. The Bertz CT molecular complexity index is 1330. The summed E-state index contributed by atoms with van der Waals surface area (Å²) in [7, 11) is 0. The van der Waals surface area contributed by atoms with E-state index in [1.165, 1.54) is 12.1 Å². The van der Waals surface area contributed by atoms with E-state index in [1.54, 1.807) is 12.1 Å². The highest BCUT2D eigenvalue weighted by molar-refractivity contribution is 5.85. The molecule has 4 aromatic rings. The van der Waals surface area contributed by atoms with Crippen molar-refractivity contribution in [1.82, 2.24) is 5.32 Å². The standard InChI is InChI=1S/C26H23FN2O3.ClH/c1-15-9-11-17(12-10-15)22(28-16(2)18-5-3-7-20(27)13-18)19-6-4-8-21(14-19)29-23-24(30)26(32)25(23)31;/h3-14,16,22,28-30H,1-2H3;1H. The van der Waals surface area contributed by atoms with E-state index in [1.807, 2.05) is 62.4 Å². The quantitative estimate of drug-likeness (QED) is 0.332. The normalized spacial score (nSPS) is 12.7. The van der Waals surface area contributed by atoms with Gasteiger partial charge in [-0.2, -0.15) is 0 Å². The third-order valence-corrected chi connectivity index (χ3v) is 5.55. The molecule has 0 saturated heterocycles. The molecule has 0 radical (unpaired) electrons. The SMILES string of the molecule is Cc1ccc(C(NC(C)c2cccc(F)c2)c2cccc(Nc3c(O)c(=O)c3=O)c2)cc1.Cl. The number of hydrogen-bond donors (Lipinski definition) is 3. The summed E-state index contributed by atoms with van der Waals surface area (Å²) in [4.78, 5) is 23.0. The van der Waals surface area contributed by atoms with Gasteiger partial charge in [-0.1, -0.05) is 54.1 Å². The molecule has 0 amide bonds. The molecule has 33 heavy (non-hydrogen) atoms. The molecule has 4 rings (SSSR count). The minimum Gasteiger partial charge on any atom is -0.502 e. The van der Waals surface area contributed by atoms with E-state index in [0.717, 1.165) is 22.3 Å². The van der Waals surface area contributed by atoms with Gasteiger partial charge in [0.1, 0.15) is 11.5 Å². The Hall–Kier alpha value is -3.48. The molecule has 5 nitrogen and oxygen atoms in total. The Labute approximate surface area is 197 Å². The Morgan fingerprint density at radius 2 is 1.52 bits per heavy atom. The average molecular weight is 467 g/mol. The van der Waals surface area contributed by atoms with Crippen LogP contribution in [0.5, 0.6) is 5.75 Å². The van der Waals surface area contributed by atoms with Crippen molar-refractivity contribution in [3.63, 3.8) is 0 Å². The van der Waals surface area contributed by atoms with E-state index in [2.05, 4.69) is 10.6 Å². The summed E-state index contributed by atoms with van der Waals surface area (Å²) in [6.45, 7) is 3.99. The molecule has 170 valence electrons. The predicted molar refractivity (Wildman–Crippen MR) is 131 cm³/mol. The molecule has 0 bridgehead atoms. The summed E-state index contributed by atoms with van der Waals surface area (Å²) in [5, 5.41) is 16.1. The maximum atomic E-state index is 13.7. The van der Waals surface area contributed by atoms with Crippen LogP contribution in [0.4, 0.5) is 15.8 Å². The smallest absolute Gasteiger partial charge is 0.271 e. The molecule has 3 N–H and O–H groups in total. The largest absolute Gasteiger partial charge is 0.502 e. The molecule has 0 aliphatic rings. The first kappa shape index (κ1) is 24.2. The van der Waals surface area contributed by atoms with Crippen LogP contribution in [0, 0.1) is 12.7 Å². The van der Waals surface area contributed by atoms with E-state index in [4.69, 9.17) is 0 Å². The van der Waals surface area contributed by atoms with Crippen molar-refractivity contribution in [3.05, 3.63) is 121 Å². The minimum absolute atomic E-state index is 0. The van der Waals surface area contributed by atoms with Crippen LogP contribution in [0.3, 0.4) is 0 Å². The van der Waals surface area contributed by atoms with E-state index in [9.17, 15) is 19.1 Å². The molecular weight excluding hydrogens is 443 g/mol. The van der Waals surface area contributed by atoms with Crippen molar-refractivity contribution < 1.29 is 9.50 Å². The van der Waals surface area contributed by atoms with Crippen LogP contribution in [0.25, 0.3) is 0 Å². The van der Waals surface area contributed by atoms with Crippen LogP contribution in [0.1, 0.15) is 41.3 Å². The van der Waals surface area contributed by atoms with Gasteiger partial charge >= 0.3 is 0 Å². The molecule has 0 fully saturated rings. The molecule has 2 unspecified atom stereocenters. The lowest BCUT2D eigenvalue weighted by atomic mass is 9.95. The van der Waals surface area contributed by atoms with Gasteiger partial charge in [-0.3, -0.25) is 14.9 Å². The lowest BCUT2D eigenvalue weighted by Crippen LogP contribution is -2.32. The second-order valence-corrected chi connectivity index (χ2v) is 7.92. The third-order valence-electron chi connectivity index (χ3n) is 5.55. The van der Waals surface area contributed by atoms with Crippen LogP contribution >= 0.6 is 12.4 Å². The van der Waals surface area contributed by atoms with Gasteiger partial charge in [-0.25, -0.2) is 4.39 Å². The van der Waals surface area contributed by atoms with Crippen molar-refractivity contribution in [2.24, 2.45) is 0 Å². The molecule has 0 saturated carbocycles. The fourth-order valence-electron chi connectivity index (χ4n) is 3.70. The minimum atomic E-state index is -0.883. The second-order valence-electron chi connectivity index (χ2n) is 7.92. The van der Waals surface area contributed by atoms with Crippen LogP contribution in [-0.2, 0) is 0 Å². The van der Waals surface area contributed by atoms with Crippen molar-refractivity contribution >= 4 is 23.8 Å². The zero-order valence-electron chi connectivity index (χ0n) is 18.1. The van der Waals surface area contributed by atoms with Crippen LogP contribution in [0.2, 0.25) is 0 Å². The van der Waals surface area contributed by atoms with Crippen molar-refractivity contribution in [1.29, 1.82) is 0 Å². The fourth-order valence-corrected chi connectivity index (χ4v) is 3.70. The molecule has 4 aromatic carbocycles. The molecule has 0 heterocycles. The zero-order chi connectivity index (χ0) is 22.8. The topological polar surface area (TPSA) is 78.4 Å². The van der Waals surface area contributed by atoms with Crippen LogP contribution in [0.15, 0.2) is 82.4 Å². The van der Waals surface area contributed by atoms with Gasteiger partial charge in [0.05, 0.1) is 6.04 Å². The van der Waals surface area contributed by atoms with Gasteiger partial charge in [-0.15, -0.1) is 12.4 Å². The monoisotopic (exact) mass is 466 g/mol. The van der Waals surface area contributed by atoms with Crippen molar-refractivity contribution in [2.45, 2.75) is 25.9 Å². The summed E-state index contributed by atoms with van der Waals surface area (Å²) < 4.78 is 13.7. The van der Waals surface area contributed by atoms with Gasteiger partial charge in [0.25, 0.3) is 10.9 Å². The van der Waals surface area contributed by atoms with Gasteiger partial charge in [-0.05, 0) is 54.8 Å². The van der Waals surface area contributed by atoms with E-state index in [-0.39, 0.29) is 36.0 Å². The Kier molecular flexibility index (Phi) is 7.31. The third kappa shape index (κ3) is 5.13. The Balaban J connectivity index is 0.00000306. The maximum Gasteiger partial charge on any atom is 0.271 e. The number of hydrogen-bond acceptors (Lipinski definition) is 5. The lowest BCUT2D eigenvalue weighted by Gasteiger charge is -2.25. The number of halogens is 2. The summed E-state index contributed by atoms with van der Waals surface area (Å²) in [5.74, 6) is -0.838. The summed E-state index contributed by atoms with van der Waals surface area (Å²) in [5.41, 5.74) is 2.74. The van der Waals surface area contributed by atoms with Gasteiger partial charge in [0.15, 0.2) is 5.75 Å². The number of nitrogens with one attached hydrogen (secondary N) is 2. The number of anilines is 2. The highest BCUT2D eigenvalue weighted by atomic mass is 35.5. The first-order valence-electron chi connectivity index (χ1n) is 10.3. The van der Waals surface area contributed by atoms with E-state index in [0.29, 0.717) is 5.69 Å². The molecule has 7 heteroatoms. The number of benzene rings is 3. The summed E-state index contributed by atoms with van der Waals surface area (Å²) >= 11 is 0. The first-order chi connectivity index (χ1) is 15.3. The Morgan fingerprint density at radius 3 is 2.18 bits per heavy atom. The Morgan fingerprint density at radius 1 is 0.848 bits per heavy atom. The first-order valence-corrected chi connectivity index (χ1v) is 10.3. The number of aryl methyl sites for hydroxylation is 1. The summed E-state index contributed by atoms with van der Waals surface area (Å²) in [6, 6.07) is 21.6. The van der Waals surface area contributed by atoms with Gasteiger partial charge < -0.3 is 10.4 Å². The lowest BCUT2D eigenvalue weighted by molar-refractivity contribution is 0.466. The predicted octanol–water partition coefficient (Wildman–Crippen LogP) is 5.04. The molecule has 0 aliphatic heterocycles. The van der Waals surface area contributed by atoms with E-state index >= 15 is 0 Å². The zero-order valence-corrected chi connectivity index (χ0v) is 18.9. The van der Waals surface area contributed by atoms with Crippen LogP contribution < -0.4 is 21.5 Å². The summed E-state index contributed by atoms with van der Waals surface area (Å²) in [6.07, 6.45) is 0. The highest BCUT2D eigenvalue weighted by Crippen LogP contribution is 2.30. The average Bonchev–Trinajstić information content (AvgIpc) is 2.81. The van der Waals surface area contributed by atoms with E-state index < -0.39 is 16.6 Å².